The Morgan fingerprint density at radius 2 is 1.65 bits per heavy atom. The van der Waals surface area contributed by atoms with Crippen molar-refractivity contribution in [3.05, 3.63) is 70.7 Å². The third kappa shape index (κ3) is 5.31. The van der Waals surface area contributed by atoms with E-state index in [2.05, 4.69) is 5.32 Å². The standard InChI is InChI=1S/C20H24ClN3O2/c1-22-20(26)19(16-9-11-17(21)12-10-16)24(3)14-18(25)23(2)13-15-7-5-4-6-8-15/h4-12,19H,13-14H2,1-3H3,(H,22,26)/t19-/m0/s1. The van der Waals surface area contributed by atoms with Gasteiger partial charge in [0.15, 0.2) is 0 Å². The van der Waals surface area contributed by atoms with Gasteiger partial charge in [0.2, 0.25) is 11.8 Å². The summed E-state index contributed by atoms with van der Waals surface area (Å²) in [7, 11) is 5.12. The topological polar surface area (TPSA) is 52.7 Å². The third-order valence-corrected chi connectivity index (χ3v) is 4.45. The first kappa shape index (κ1) is 19.9. The van der Waals surface area contributed by atoms with Crippen LogP contribution in [0, 0.1) is 0 Å². The number of nitrogens with one attached hydrogen (secondary N) is 1. The van der Waals surface area contributed by atoms with E-state index in [9.17, 15) is 9.59 Å². The summed E-state index contributed by atoms with van der Waals surface area (Å²) in [6, 6.07) is 16.3. The lowest BCUT2D eigenvalue weighted by Crippen LogP contribution is -2.42. The summed E-state index contributed by atoms with van der Waals surface area (Å²) in [5.41, 5.74) is 1.85. The Morgan fingerprint density at radius 3 is 2.23 bits per heavy atom. The molecule has 138 valence electrons. The van der Waals surface area contributed by atoms with Gasteiger partial charge in [-0.1, -0.05) is 54.1 Å². The minimum atomic E-state index is -0.564. The summed E-state index contributed by atoms with van der Waals surface area (Å²) < 4.78 is 0. The Labute approximate surface area is 159 Å². The second-order valence-corrected chi connectivity index (χ2v) is 6.66. The highest BCUT2D eigenvalue weighted by Crippen LogP contribution is 2.22. The molecule has 0 bridgehead atoms. The van der Waals surface area contributed by atoms with Gasteiger partial charge >= 0.3 is 0 Å². The van der Waals surface area contributed by atoms with Crippen LogP contribution in [-0.2, 0) is 16.1 Å². The van der Waals surface area contributed by atoms with Crippen molar-refractivity contribution >= 4 is 23.4 Å². The fourth-order valence-corrected chi connectivity index (χ4v) is 2.88. The molecule has 0 spiro atoms. The molecule has 0 saturated heterocycles. The number of likely N-dealkylation sites (N-methyl/N-ethyl adjacent to an activating group) is 3. The highest BCUT2D eigenvalue weighted by molar-refractivity contribution is 6.30. The van der Waals surface area contributed by atoms with Crippen molar-refractivity contribution in [3.63, 3.8) is 0 Å². The first-order valence-corrected chi connectivity index (χ1v) is 8.75. The molecule has 6 heteroatoms. The molecule has 0 saturated carbocycles. The molecule has 0 aromatic heterocycles. The maximum absolute atomic E-state index is 12.6. The van der Waals surface area contributed by atoms with Gasteiger partial charge in [0, 0.05) is 25.7 Å². The summed E-state index contributed by atoms with van der Waals surface area (Å²) in [5, 5.41) is 3.27. The number of rotatable bonds is 7. The minimum Gasteiger partial charge on any atom is -0.358 e. The number of carbonyl (C=O) groups excluding carboxylic acids is 2. The molecule has 2 aromatic carbocycles. The first-order valence-electron chi connectivity index (χ1n) is 8.37. The molecule has 2 amide bonds. The van der Waals surface area contributed by atoms with E-state index in [4.69, 9.17) is 11.6 Å². The predicted molar refractivity (Wildman–Crippen MR) is 104 cm³/mol. The molecule has 0 aliphatic heterocycles. The van der Waals surface area contributed by atoms with E-state index in [1.54, 1.807) is 55.2 Å². The van der Waals surface area contributed by atoms with Crippen LogP contribution < -0.4 is 5.32 Å². The first-order chi connectivity index (χ1) is 12.4. The van der Waals surface area contributed by atoms with Crippen LogP contribution in [0.3, 0.4) is 0 Å². The number of amides is 2. The molecule has 0 aliphatic carbocycles. The quantitative estimate of drug-likeness (QED) is 0.811. The minimum absolute atomic E-state index is 0.0563. The van der Waals surface area contributed by atoms with Crippen molar-refractivity contribution < 1.29 is 9.59 Å². The molecule has 0 heterocycles. The normalized spacial score (nSPS) is 11.9. The van der Waals surface area contributed by atoms with E-state index >= 15 is 0 Å². The van der Waals surface area contributed by atoms with Gasteiger partial charge < -0.3 is 10.2 Å². The van der Waals surface area contributed by atoms with E-state index in [-0.39, 0.29) is 18.4 Å². The van der Waals surface area contributed by atoms with Crippen molar-refractivity contribution in [2.75, 3.05) is 27.7 Å². The fraction of sp³-hybridized carbons (Fsp3) is 0.300. The van der Waals surface area contributed by atoms with Crippen LogP contribution in [0.15, 0.2) is 54.6 Å². The molecule has 0 unspecified atom stereocenters. The van der Waals surface area contributed by atoms with Gasteiger partial charge in [0.1, 0.15) is 6.04 Å². The maximum Gasteiger partial charge on any atom is 0.241 e. The van der Waals surface area contributed by atoms with E-state index in [0.717, 1.165) is 11.1 Å². The molecule has 2 aromatic rings. The number of nitrogens with zero attached hydrogens (tertiary/aromatic N) is 2. The second kappa shape index (κ2) is 9.36. The average molecular weight is 374 g/mol. The zero-order valence-corrected chi connectivity index (χ0v) is 16.0. The number of hydrogen-bond donors (Lipinski definition) is 1. The van der Waals surface area contributed by atoms with Crippen molar-refractivity contribution in [1.29, 1.82) is 0 Å². The average Bonchev–Trinajstić information content (AvgIpc) is 2.64. The molecule has 26 heavy (non-hydrogen) atoms. The van der Waals surface area contributed by atoms with Gasteiger partial charge in [0.05, 0.1) is 6.54 Å². The molecule has 0 fully saturated rings. The van der Waals surface area contributed by atoms with Crippen LogP contribution in [0.4, 0.5) is 0 Å². The van der Waals surface area contributed by atoms with Gasteiger partial charge in [-0.2, -0.15) is 0 Å². The van der Waals surface area contributed by atoms with Crippen LogP contribution in [0.2, 0.25) is 5.02 Å². The summed E-state index contributed by atoms with van der Waals surface area (Å²) in [5.74, 6) is -0.229. The zero-order valence-electron chi connectivity index (χ0n) is 15.3. The smallest absolute Gasteiger partial charge is 0.241 e. The molecule has 1 N–H and O–H groups in total. The summed E-state index contributed by atoms with van der Waals surface area (Å²) in [6.45, 7) is 0.656. The Morgan fingerprint density at radius 1 is 1.04 bits per heavy atom. The SMILES string of the molecule is CNC(=O)[C@H](c1ccc(Cl)cc1)N(C)CC(=O)N(C)Cc1ccccc1. The van der Waals surface area contributed by atoms with Crippen LogP contribution in [0.5, 0.6) is 0 Å². The van der Waals surface area contributed by atoms with Gasteiger partial charge in [-0.3, -0.25) is 14.5 Å². The molecule has 5 nitrogen and oxygen atoms in total. The van der Waals surface area contributed by atoms with Crippen LogP contribution in [0.1, 0.15) is 17.2 Å². The number of benzene rings is 2. The monoisotopic (exact) mass is 373 g/mol. The lowest BCUT2D eigenvalue weighted by atomic mass is 10.0. The number of carbonyl (C=O) groups is 2. The fourth-order valence-electron chi connectivity index (χ4n) is 2.76. The van der Waals surface area contributed by atoms with Crippen molar-refractivity contribution in [3.8, 4) is 0 Å². The number of halogens is 1. The Balaban J connectivity index is 2.08. The largest absolute Gasteiger partial charge is 0.358 e. The summed E-state index contributed by atoms with van der Waals surface area (Å²) >= 11 is 5.94. The Kier molecular flexibility index (Phi) is 7.18. The highest BCUT2D eigenvalue weighted by Gasteiger charge is 2.26. The van der Waals surface area contributed by atoms with E-state index < -0.39 is 6.04 Å². The van der Waals surface area contributed by atoms with E-state index in [0.29, 0.717) is 11.6 Å². The Hall–Kier alpha value is -2.37. The van der Waals surface area contributed by atoms with Crippen molar-refractivity contribution in [2.24, 2.45) is 0 Å². The van der Waals surface area contributed by atoms with Crippen LogP contribution in [0.25, 0.3) is 0 Å². The highest BCUT2D eigenvalue weighted by atomic mass is 35.5. The molecular formula is C20H24ClN3O2. The van der Waals surface area contributed by atoms with Gasteiger partial charge in [-0.25, -0.2) is 0 Å². The number of hydrogen-bond acceptors (Lipinski definition) is 3. The maximum atomic E-state index is 12.6. The molecular weight excluding hydrogens is 350 g/mol. The van der Waals surface area contributed by atoms with Crippen molar-refractivity contribution in [2.45, 2.75) is 12.6 Å². The Bertz CT molecular complexity index is 734. The lowest BCUT2D eigenvalue weighted by Gasteiger charge is -2.28. The zero-order chi connectivity index (χ0) is 19.1. The van der Waals surface area contributed by atoms with Crippen LogP contribution in [-0.4, -0.2) is 49.3 Å². The molecule has 1 atom stereocenters. The van der Waals surface area contributed by atoms with E-state index in [1.807, 2.05) is 30.3 Å². The molecule has 0 aliphatic rings. The van der Waals surface area contributed by atoms with Gasteiger partial charge in [-0.15, -0.1) is 0 Å². The third-order valence-electron chi connectivity index (χ3n) is 4.19. The lowest BCUT2D eigenvalue weighted by molar-refractivity contribution is -0.133. The van der Waals surface area contributed by atoms with Gasteiger partial charge in [-0.05, 0) is 30.3 Å². The van der Waals surface area contributed by atoms with Gasteiger partial charge in [0.25, 0.3) is 0 Å². The second-order valence-electron chi connectivity index (χ2n) is 6.22. The molecule has 2 rings (SSSR count). The van der Waals surface area contributed by atoms with Crippen LogP contribution >= 0.6 is 11.6 Å². The molecule has 0 radical (unpaired) electrons. The van der Waals surface area contributed by atoms with E-state index in [1.165, 1.54) is 0 Å². The summed E-state index contributed by atoms with van der Waals surface area (Å²) in [4.78, 5) is 28.4. The van der Waals surface area contributed by atoms with Crippen molar-refractivity contribution in [1.82, 2.24) is 15.1 Å². The summed E-state index contributed by atoms with van der Waals surface area (Å²) in [6.07, 6.45) is 0. The predicted octanol–water partition coefficient (Wildman–Crippen LogP) is 2.72.